The summed E-state index contributed by atoms with van der Waals surface area (Å²) < 4.78 is 10.3. The lowest BCUT2D eigenvalue weighted by Crippen LogP contribution is -2.17. The number of aromatic amines is 2. The molecule has 8 nitrogen and oxygen atoms in total. The Kier molecular flexibility index (Phi) is 9.06. The van der Waals surface area contributed by atoms with E-state index in [1.807, 2.05) is 6.92 Å². The number of hydrogen-bond donors (Lipinski definition) is 2. The fraction of sp³-hybridized carbons (Fsp3) is 0.459. The fourth-order valence-electron chi connectivity index (χ4n) is 7.09. The van der Waals surface area contributed by atoms with Crippen molar-refractivity contribution < 1.29 is 19.1 Å². The van der Waals surface area contributed by atoms with Crippen molar-refractivity contribution in [3.05, 3.63) is 68.8 Å². The van der Waals surface area contributed by atoms with E-state index < -0.39 is 5.92 Å². The summed E-state index contributed by atoms with van der Waals surface area (Å²) in [6, 6.07) is 6.50. The number of nitrogens with zero attached hydrogens (tertiary/aromatic N) is 2. The molecule has 8 bridgehead atoms. The highest BCUT2D eigenvalue weighted by Gasteiger charge is 2.36. The highest BCUT2D eigenvalue weighted by molar-refractivity contribution is 5.94. The Balaban J connectivity index is 2.00. The highest BCUT2D eigenvalue weighted by Crippen LogP contribution is 2.45. The summed E-state index contributed by atoms with van der Waals surface area (Å²) in [6.45, 7) is 16.8. The van der Waals surface area contributed by atoms with Crippen molar-refractivity contribution in [2.75, 3.05) is 14.2 Å². The van der Waals surface area contributed by atoms with Crippen LogP contribution in [0.2, 0.25) is 0 Å². The number of carbonyl (C=O) groups is 2. The van der Waals surface area contributed by atoms with Gasteiger partial charge in [-0.15, -0.1) is 0 Å². The molecule has 0 fully saturated rings. The maximum atomic E-state index is 13.2. The third-order valence-electron chi connectivity index (χ3n) is 10.1. The van der Waals surface area contributed by atoms with Crippen molar-refractivity contribution in [3.8, 4) is 0 Å². The van der Waals surface area contributed by atoms with Gasteiger partial charge in [0.15, 0.2) is 0 Å². The Labute approximate surface area is 265 Å². The number of esters is 2. The monoisotopic (exact) mass is 610 g/mol. The predicted molar refractivity (Wildman–Crippen MR) is 180 cm³/mol. The number of ether oxygens (including phenoxy) is 2. The van der Waals surface area contributed by atoms with Gasteiger partial charge in [-0.05, 0) is 105 Å². The van der Waals surface area contributed by atoms with Gasteiger partial charge in [0.2, 0.25) is 0 Å². The van der Waals surface area contributed by atoms with Crippen LogP contribution in [0.1, 0.15) is 123 Å². The first-order chi connectivity index (χ1) is 21.4. The third-order valence-corrected chi connectivity index (χ3v) is 10.1. The molecule has 5 rings (SSSR count). The maximum absolute atomic E-state index is 13.2. The van der Waals surface area contributed by atoms with Gasteiger partial charge in [-0.2, -0.15) is 0 Å². The number of carbonyl (C=O) groups excluding carboxylic acids is 2. The summed E-state index contributed by atoms with van der Waals surface area (Å²) in [7, 11) is 2.82. The summed E-state index contributed by atoms with van der Waals surface area (Å²) in [4.78, 5) is 43.5. The van der Waals surface area contributed by atoms with Gasteiger partial charge in [-0.25, -0.2) is 4.98 Å². The van der Waals surface area contributed by atoms with E-state index in [2.05, 4.69) is 76.6 Å². The molecule has 8 heteroatoms. The van der Waals surface area contributed by atoms with Crippen molar-refractivity contribution >= 4 is 45.2 Å². The van der Waals surface area contributed by atoms with Gasteiger partial charge in [0, 0.05) is 51.6 Å². The Bertz CT molecular complexity index is 1880. The van der Waals surface area contributed by atoms with Gasteiger partial charge >= 0.3 is 11.9 Å². The van der Waals surface area contributed by atoms with Crippen molar-refractivity contribution in [1.82, 2.24) is 19.9 Å². The van der Waals surface area contributed by atoms with Crippen LogP contribution in [0.4, 0.5) is 0 Å². The number of allylic oxidation sites excluding steroid dienone is 2. The van der Waals surface area contributed by atoms with Gasteiger partial charge in [0.25, 0.3) is 0 Å². The second-order valence-corrected chi connectivity index (χ2v) is 12.4. The van der Waals surface area contributed by atoms with Gasteiger partial charge in [-0.1, -0.05) is 20.8 Å². The van der Waals surface area contributed by atoms with Crippen LogP contribution in [-0.2, 0) is 31.9 Å². The van der Waals surface area contributed by atoms with Crippen LogP contribution >= 0.6 is 0 Å². The number of hydrogen-bond acceptors (Lipinski definition) is 6. The average molecular weight is 611 g/mol. The van der Waals surface area contributed by atoms with E-state index in [-0.39, 0.29) is 30.2 Å². The molecule has 2 N–H and O–H groups in total. The van der Waals surface area contributed by atoms with Gasteiger partial charge < -0.3 is 19.4 Å². The van der Waals surface area contributed by atoms with E-state index in [1.165, 1.54) is 36.5 Å². The molecular formula is C37H46N4O4. The third kappa shape index (κ3) is 5.60. The molecule has 2 aliphatic heterocycles. The molecule has 5 heterocycles. The lowest BCUT2D eigenvalue weighted by molar-refractivity contribution is -0.142. The minimum Gasteiger partial charge on any atom is -0.469 e. The maximum Gasteiger partial charge on any atom is 0.313 e. The normalized spacial score (nSPS) is 17.0. The van der Waals surface area contributed by atoms with Gasteiger partial charge in [0.05, 0.1) is 37.2 Å². The smallest absolute Gasteiger partial charge is 0.313 e. The summed E-state index contributed by atoms with van der Waals surface area (Å²) in [6.07, 6.45) is 2.54. The van der Waals surface area contributed by atoms with Crippen molar-refractivity contribution in [2.45, 2.75) is 98.8 Å². The molecule has 238 valence electrons. The van der Waals surface area contributed by atoms with Crippen LogP contribution in [0.5, 0.6) is 0 Å². The molecule has 0 aliphatic carbocycles. The zero-order valence-electron chi connectivity index (χ0n) is 28.3. The van der Waals surface area contributed by atoms with Gasteiger partial charge in [0.1, 0.15) is 0 Å². The first-order valence-electron chi connectivity index (χ1n) is 16.0. The zero-order chi connectivity index (χ0) is 32.7. The molecule has 0 saturated heterocycles. The standard InChI is InChI=1S/C37H46N4O4/c1-11-24-20(5)28-15-30-22(7)26(13-14-33(42)44-9)36(41-30)34(23(8)37(43)45-10)35-19(4)18(3)27(40-35)16-31-25(12-2)21(6)29(39-31)17-32(24)38-28/h15-17,22-23,26,38-39H,11-14H2,1-10H3. The van der Waals surface area contributed by atoms with E-state index in [1.54, 1.807) is 0 Å². The second kappa shape index (κ2) is 12.7. The zero-order valence-corrected chi connectivity index (χ0v) is 28.3. The van der Waals surface area contributed by atoms with E-state index in [9.17, 15) is 9.59 Å². The minimum atomic E-state index is -0.619. The Morgan fingerprint density at radius 1 is 0.844 bits per heavy atom. The van der Waals surface area contributed by atoms with Crippen LogP contribution in [0.25, 0.3) is 33.2 Å². The number of rotatable bonds is 7. The van der Waals surface area contributed by atoms with Crippen LogP contribution in [0.15, 0.2) is 18.2 Å². The molecule has 0 spiro atoms. The largest absolute Gasteiger partial charge is 0.469 e. The minimum absolute atomic E-state index is 0.0114. The molecule has 3 atom stereocenters. The lowest BCUT2D eigenvalue weighted by atomic mass is 9.82. The molecule has 3 unspecified atom stereocenters. The van der Waals surface area contributed by atoms with E-state index >= 15 is 0 Å². The molecule has 3 aromatic heterocycles. The van der Waals surface area contributed by atoms with Gasteiger partial charge in [-0.3, -0.25) is 14.6 Å². The molecule has 2 aliphatic rings. The summed E-state index contributed by atoms with van der Waals surface area (Å²) in [5.41, 5.74) is 15.2. The molecule has 0 aromatic carbocycles. The van der Waals surface area contributed by atoms with Crippen LogP contribution in [-0.4, -0.2) is 46.1 Å². The van der Waals surface area contributed by atoms with E-state index in [0.717, 1.165) is 74.4 Å². The summed E-state index contributed by atoms with van der Waals surface area (Å²) in [5, 5.41) is 0. The quantitative estimate of drug-likeness (QED) is 0.262. The highest BCUT2D eigenvalue weighted by atomic mass is 16.5. The van der Waals surface area contributed by atoms with Crippen LogP contribution in [0, 0.1) is 13.8 Å². The van der Waals surface area contributed by atoms with Crippen LogP contribution < -0.4 is 0 Å². The Morgan fingerprint density at radius 2 is 1.44 bits per heavy atom. The molecule has 0 amide bonds. The molecule has 0 saturated carbocycles. The number of nitrogens with one attached hydrogen (secondary N) is 2. The average Bonchev–Trinajstić information content (AvgIpc) is 3.69. The second-order valence-electron chi connectivity index (χ2n) is 12.4. The molecule has 45 heavy (non-hydrogen) atoms. The summed E-state index contributed by atoms with van der Waals surface area (Å²) in [5.74, 6) is -1.37. The SMILES string of the molecule is CCc1c(C)c2cc3[nH]c(cc4nc(c(C(C)C(=O)OC)c5nc(cc1[nH]2)C(C)=C5C)C(CCC(=O)OC)C4C)c(C)c3CC. The van der Waals surface area contributed by atoms with Crippen molar-refractivity contribution in [2.24, 2.45) is 0 Å². The molecular weight excluding hydrogens is 564 g/mol. The Hall–Kier alpha value is -4.20. The fourth-order valence-corrected chi connectivity index (χ4v) is 7.09. The first kappa shape index (κ1) is 32.2. The van der Waals surface area contributed by atoms with E-state index in [4.69, 9.17) is 19.4 Å². The number of H-pyrrole nitrogens is 2. The summed E-state index contributed by atoms with van der Waals surface area (Å²) >= 11 is 0. The lowest BCUT2D eigenvalue weighted by Gasteiger charge is -2.20. The van der Waals surface area contributed by atoms with Crippen molar-refractivity contribution in [1.29, 1.82) is 0 Å². The number of aryl methyl sites for hydroxylation is 4. The topological polar surface area (TPSA) is 110 Å². The molecule has 0 radical (unpaired) electrons. The Morgan fingerprint density at radius 3 is 2.02 bits per heavy atom. The van der Waals surface area contributed by atoms with E-state index in [0.29, 0.717) is 6.42 Å². The number of fused-ring (bicyclic) bond motifs is 8. The number of methoxy groups -OCH3 is 2. The van der Waals surface area contributed by atoms with Crippen molar-refractivity contribution in [3.63, 3.8) is 0 Å². The predicted octanol–water partition coefficient (Wildman–Crippen LogP) is 8.12. The number of aromatic nitrogens is 4. The first-order valence-corrected chi connectivity index (χ1v) is 16.0. The van der Waals surface area contributed by atoms with Crippen LogP contribution in [0.3, 0.4) is 0 Å². The molecule has 3 aromatic rings.